The Morgan fingerprint density at radius 3 is 2.74 bits per heavy atom. The number of carboxylic acid groups (broad SMARTS) is 1. The lowest BCUT2D eigenvalue weighted by atomic mass is 10.0. The van der Waals surface area contributed by atoms with Crippen molar-refractivity contribution in [2.75, 3.05) is 11.9 Å². The Kier molecular flexibility index (Phi) is 5.23. The molecule has 0 bridgehead atoms. The molecular weight excluding hydrogens is 250 g/mol. The fraction of sp³-hybridized carbons (Fsp3) is 0.500. The number of rotatable bonds is 7. The van der Waals surface area contributed by atoms with E-state index in [1.165, 1.54) is 12.1 Å². The normalized spacial score (nSPS) is 11.9. The lowest BCUT2D eigenvalue weighted by molar-refractivity contribution is -0.385. The maximum absolute atomic E-state index is 10.6. The summed E-state index contributed by atoms with van der Waals surface area (Å²) in [5.41, 5.74) is 0.310. The van der Waals surface area contributed by atoms with Crippen LogP contribution in [-0.4, -0.2) is 27.5 Å². The van der Waals surface area contributed by atoms with Crippen LogP contribution in [-0.2, 0) is 4.79 Å². The number of nitro groups is 1. The molecule has 0 aromatic carbocycles. The molecule has 0 amide bonds. The second-order valence-corrected chi connectivity index (χ2v) is 4.31. The molecule has 1 aromatic heterocycles. The molecular formula is C12H17N3O4. The molecule has 7 heteroatoms. The van der Waals surface area contributed by atoms with E-state index in [9.17, 15) is 14.9 Å². The third-order valence-corrected chi connectivity index (χ3v) is 2.87. The summed E-state index contributed by atoms with van der Waals surface area (Å²) >= 11 is 0. The Morgan fingerprint density at radius 1 is 1.58 bits per heavy atom. The number of nitrogens with one attached hydrogen (secondary N) is 1. The van der Waals surface area contributed by atoms with Gasteiger partial charge in [0.25, 0.3) is 5.69 Å². The summed E-state index contributed by atoms with van der Waals surface area (Å²) in [6.07, 6.45) is 0.834. The average molecular weight is 267 g/mol. The summed E-state index contributed by atoms with van der Waals surface area (Å²) < 4.78 is 0. The minimum absolute atomic E-state index is 0.00907. The fourth-order valence-electron chi connectivity index (χ4n) is 1.70. The number of pyridine rings is 1. The first-order chi connectivity index (χ1) is 8.93. The average Bonchev–Trinajstić information content (AvgIpc) is 2.33. The number of carboxylic acids is 1. The first-order valence-electron chi connectivity index (χ1n) is 6.01. The van der Waals surface area contributed by atoms with E-state index in [0.717, 1.165) is 6.42 Å². The molecule has 2 N–H and O–H groups in total. The molecule has 19 heavy (non-hydrogen) atoms. The summed E-state index contributed by atoms with van der Waals surface area (Å²) in [7, 11) is 0. The molecule has 0 spiro atoms. The molecule has 0 radical (unpaired) electrons. The van der Waals surface area contributed by atoms with Crippen molar-refractivity contribution >= 4 is 17.5 Å². The van der Waals surface area contributed by atoms with Crippen molar-refractivity contribution in [3.05, 3.63) is 27.9 Å². The lowest BCUT2D eigenvalue weighted by Gasteiger charge is -2.14. The van der Waals surface area contributed by atoms with Gasteiger partial charge in [0.2, 0.25) is 0 Å². The second kappa shape index (κ2) is 6.67. The molecule has 1 aromatic rings. The largest absolute Gasteiger partial charge is 0.481 e. The topological polar surface area (TPSA) is 105 Å². The Morgan fingerprint density at radius 2 is 2.26 bits per heavy atom. The van der Waals surface area contributed by atoms with Crippen LogP contribution in [0.25, 0.3) is 0 Å². The number of aromatic nitrogens is 1. The number of nitrogens with zero attached hydrogens (tertiary/aromatic N) is 2. The summed E-state index contributed by atoms with van der Waals surface area (Å²) in [4.78, 5) is 24.9. The van der Waals surface area contributed by atoms with Crippen LogP contribution < -0.4 is 5.32 Å². The predicted molar refractivity (Wildman–Crippen MR) is 70.2 cm³/mol. The van der Waals surface area contributed by atoms with Crippen LogP contribution in [0.1, 0.15) is 25.5 Å². The van der Waals surface area contributed by atoms with Crippen molar-refractivity contribution in [2.24, 2.45) is 5.92 Å². The van der Waals surface area contributed by atoms with E-state index in [-0.39, 0.29) is 18.0 Å². The maximum atomic E-state index is 10.6. The van der Waals surface area contributed by atoms with E-state index in [1.54, 1.807) is 6.92 Å². The third kappa shape index (κ3) is 4.53. The third-order valence-electron chi connectivity index (χ3n) is 2.87. The van der Waals surface area contributed by atoms with Crippen molar-refractivity contribution in [1.82, 2.24) is 4.98 Å². The van der Waals surface area contributed by atoms with Gasteiger partial charge in [-0.05, 0) is 18.9 Å². The maximum Gasteiger partial charge on any atom is 0.303 e. The fourth-order valence-corrected chi connectivity index (χ4v) is 1.70. The smallest absolute Gasteiger partial charge is 0.303 e. The van der Waals surface area contributed by atoms with Crippen LogP contribution in [0.5, 0.6) is 0 Å². The van der Waals surface area contributed by atoms with Gasteiger partial charge in [-0.1, -0.05) is 13.3 Å². The highest BCUT2D eigenvalue weighted by atomic mass is 16.6. The standard InChI is InChI=1S/C12H17N3O4/c1-3-9(6-12(16)17)7-13-11-5-4-10(15(18)19)8(2)14-11/h4-5,9H,3,6-7H2,1-2H3,(H,13,14)(H,16,17). The van der Waals surface area contributed by atoms with Crippen molar-refractivity contribution in [1.29, 1.82) is 0 Å². The molecule has 0 saturated heterocycles. The minimum atomic E-state index is -0.832. The van der Waals surface area contributed by atoms with Crippen LogP contribution >= 0.6 is 0 Å². The number of hydrogen-bond donors (Lipinski definition) is 2. The summed E-state index contributed by atoms with van der Waals surface area (Å²) in [6, 6.07) is 2.92. The van der Waals surface area contributed by atoms with Gasteiger partial charge in [0.05, 0.1) is 4.92 Å². The summed E-state index contributed by atoms with van der Waals surface area (Å²) in [5, 5.41) is 22.4. The van der Waals surface area contributed by atoms with E-state index in [1.807, 2.05) is 6.92 Å². The van der Waals surface area contributed by atoms with E-state index in [4.69, 9.17) is 5.11 Å². The lowest BCUT2D eigenvalue weighted by Crippen LogP contribution is -2.17. The molecule has 0 aliphatic heterocycles. The molecule has 104 valence electrons. The van der Waals surface area contributed by atoms with E-state index >= 15 is 0 Å². The van der Waals surface area contributed by atoms with Gasteiger partial charge in [0, 0.05) is 19.0 Å². The van der Waals surface area contributed by atoms with Crippen LogP contribution in [0.2, 0.25) is 0 Å². The summed E-state index contributed by atoms with van der Waals surface area (Å²) in [5.74, 6) is -0.303. The van der Waals surface area contributed by atoms with Crippen molar-refractivity contribution in [3.63, 3.8) is 0 Å². The zero-order chi connectivity index (χ0) is 14.4. The number of hydrogen-bond acceptors (Lipinski definition) is 5. The SMILES string of the molecule is CCC(CNc1ccc([N+](=O)[O-])c(C)n1)CC(=O)O. The van der Waals surface area contributed by atoms with Crippen molar-refractivity contribution in [3.8, 4) is 0 Å². The van der Waals surface area contributed by atoms with Gasteiger partial charge in [0.15, 0.2) is 0 Å². The first kappa shape index (κ1) is 14.9. The molecule has 7 nitrogen and oxygen atoms in total. The molecule has 1 heterocycles. The van der Waals surface area contributed by atoms with Gasteiger partial charge in [-0.25, -0.2) is 4.98 Å². The Bertz CT molecular complexity index is 476. The predicted octanol–water partition coefficient (Wildman–Crippen LogP) is 2.21. The van der Waals surface area contributed by atoms with Crippen LogP contribution in [0.15, 0.2) is 12.1 Å². The quantitative estimate of drug-likeness (QED) is 0.579. The zero-order valence-electron chi connectivity index (χ0n) is 10.9. The van der Waals surface area contributed by atoms with Crippen molar-refractivity contribution in [2.45, 2.75) is 26.7 Å². The monoisotopic (exact) mass is 267 g/mol. The second-order valence-electron chi connectivity index (χ2n) is 4.31. The summed E-state index contributed by atoms with van der Waals surface area (Å²) in [6.45, 7) is 3.97. The highest BCUT2D eigenvalue weighted by Crippen LogP contribution is 2.18. The highest BCUT2D eigenvalue weighted by Gasteiger charge is 2.14. The number of aryl methyl sites for hydroxylation is 1. The Balaban J connectivity index is 2.65. The van der Waals surface area contributed by atoms with Gasteiger partial charge < -0.3 is 10.4 Å². The highest BCUT2D eigenvalue weighted by molar-refractivity contribution is 5.67. The number of aliphatic carboxylic acids is 1. The van der Waals surface area contributed by atoms with Gasteiger partial charge in [-0.15, -0.1) is 0 Å². The number of anilines is 1. The molecule has 0 fully saturated rings. The molecule has 0 saturated carbocycles. The molecule has 1 unspecified atom stereocenters. The van der Waals surface area contributed by atoms with Crippen LogP contribution in [0.3, 0.4) is 0 Å². The first-order valence-corrected chi connectivity index (χ1v) is 6.01. The van der Waals surface area contributed by atoms with E-state index in [2.05, 4.69) is 10.3 Å². The van der Waals surface area contributed by atoms with Crippen LogP contribution in [0, 0.1) is 23.0 Å². The minimum Gasteiger partial charge on any atom is -0.481 e. The number of carbonyl (C=O) groups is 1. The molecule has 0 aliphatic rings. The van der Waals surface area contributed by atoms with Gasteiger partial charge >= 0.3 is 5.97 Å². The van der Waals surface area contributed by atoms with Crippen LogP contribution in [0.4, 0.5) is 11.5 Å². The van der Waals surface area contributed by atoms with Gasteiger partial charge in [-0.3, -0.25) is 14.9 Å². The Hall–Kier alpha value is -2.18. The van der Waals surface area contributed by atoms with E-state index < -0.39 is 10.9 Å². The molecule has 0 aliphatic carbocycles. The Labute approximate surface area is 110 Å². The van der Waals surface area contributed by atoms with Crippen molar-refractivity contribution < 1.29 is 14.8 Å². The van der Waals surface area contributed by atoms with Gasteiger partial charge in [0.1, 0.15) is 11.5 Å². The molecule has 1 atom stereocenters. The zero-order valence-corrected chi connectivity index (χ0v) is 10.9. The van der Waals surface area contributed by atoms with E-state index in [0.29, 0.717) is 18.1 Å². The molecule has 1 rings (SSSR count). The van der Waals surface area contributed by atoms with Gasteiger partial charge in [-0.2, -0.15) is 0 Å².